The van der Waals surface area contributed by atoms with Crippen LogP contribution in [0.15, 0.2) is 52.2 Å². The highest BCUT2D eigenvalue weighted by molar-refractivity contribution is 5.79. The third-order valence-electron chi connectivity index (χ3n) is 4.06. The second-order valence-corrected chi connectivity index (χ2v) is 6.12. The van der Waals surface area contributed by atoms with Gasteiger partial charge in [-0.2, -0.15) is 0 Å². The third-order valence-corrected chi connectivity index (χ3v) is 4.06. The summed E-state index contributed by atoms with van der Waals surface area (Å²) in [5.74, 6) is 2.45. The van der Waals surface area contributed by atoms with Crippen molar-refractivity contribution in [3.05, 3.63) is 54.4 Å². The third kappa shape index (κ3) is 4.20. The molecule has 0 aromatic carbocycles. The molecule has 3 rings (SSSR count). The number of pyridine rings is 1. The average Bonchev–Trinajstić information content (AvgIpc) is 3.29. The number of aromatic nitrogens is 3. The maximum atomic E-state index is 5.55. The molecular weight excluding hydrogens is 330 g/mol. The summed E-state index contributed by atoms with van der Waals surface area (Å²) < 4.78 is 7.50. The summed E-state index contributed by atoms with van der Waals surface area (Å²) in [6.45, 7) is 3.93. The molecule has 0 spiro atoms. The van der Waals surface area contributed by atoms with E-state index >= 15 is 0 Å². The van der Waals surface area contributed by atoms with Crippen molar-refractivity contribution in [3.63, 3.8) is 0 Å². The van der Waals surface area contributed by atoms with Crippen molar-refractivity contribution in [1.29, 1.82) is 0 Å². The minimum atomic E-state index is 0.114. The second kappa shape index (κ2) is 8.48. The molecule has 0 aliphatic heterocycles. The monoisotopic (exact) mass is 355 g/mol. The van der Waals surface area contributed by atoms with Crippen LogP contribution in [0.5, 0.6) is 0 Å². The lowest BCUT2D eigenvalue weighted by molar-refractivity contribution is 0.258. The Bertz CT molecular complexity index is 838. The summed E-state index contributed by atoms with van der Waals surface area (Å²) in [6, 6.07) is 9.83. The van der Waals surface area contributed by atoms with Gasteiger partial charge in [-0.25, -0.2) is 4.99 Å². The highest BCUT2D eigenvalue weighted by Gasteiger charge is 2.17. The second-order valence-electron chi connectivity index (χ2n) is 6.12. The molecule has 2 N–H and O–H groups in total. The van der Waals surface area contributed by atoms with Gasteiger partial charge in [-0.05, 0) is 45.3 Å². The van der Waals surface area contributed by atoms with E-state index in [4.69, 9.17) is 4.42 Å². The number of furan rings is 1. The molecule has 1 unspecified atom stereocenters. The molecule has 3 aromatic heterocycles. The molecule has 0 radical (unpaired) electrons. The molecule has 1 atom stereocenters. The highest BCUT2D eigenvalue weighted by atomic mass is 16.3. The molecule has 0 aliphatic carbocycles. The van der Waals surface area contributed by atoms with E-state index < -0.39 is 0 Å². The molecule has 3 aromatic rings. The summed E-state index contributed by atoms with van der Waals surface area (Å²) in [7, 11) is 4.06. The molecular formula is C18H25N7O. The molecule has 0 saturated carbocycles. The quantitative estimate of drug-likeness (QED) is 0.496. The van der Waals surface area contributed by atoms with Crippen LogP contribution in [-0.4, -0.2) is 52.6 Å². The van der Waals surface area contributed by atoms with Gasteiger partial charge in [0.05, 0.1) is 12.3 Å². The zero-order valence-electron chi connectivity index (χ0n) is 15.4. The van der Waals surface area contributed by atoms with Gasteiger partial charge < -0.3 is 15.1 Å². The number of nitrogens with one attached hydrogen (secondary N) is 2. The molecule has 26 heavy (non-hydrogen) atoms. The lowest BCUT2D eigenvalue weighted by atomic mass is 10.2. The van der Waals surface area contributed by atoms with Crippen LogP contribution in [-0.2, 0) is 6.54 Å². The molecule has 0 aliphatic rings. The minimum absolute atomic E-state index is 0.114. The van der Waals surface area contributed by atoms with Crippen LogP contribution in [0, 0.1) is 0 Å². The first-order chi connectivity index (χ1) is 12.7. The zero-order valence-corrected chi connectivity index (χ0v) is 15.4. The molecule has 8 nitrogen and oxygen atoms in total. The van der Waals surface area contributed by atoms with Crippen molar-refractivity contribution >= 4 is 11.6 Å². The number of hydrogen-bond acceptors (Lipinski definition) is 5. The van der Waals surface area contributed by atoms with E-state index in [1.165, 1.54) is 0 Å². The average molecular weight is 355 g/mol. The molecule has 0 saturated heterocycles. The van der Waals surface area contributed by atoms with Crippen LogP contribution in [0.1, 0.15) is 24.6 Å². The van der Waals surface area contributed by atoms with E-state index in [1.54, 1.807) is 6.26 Å². The lowest BCUT2D eigenvalue weighted by Gasteiger charge is -2.23. The number of nitrogens with zero attached hydrogens (tertiary/aromatic N) is 5. The van der Waals surface area contributed by atoms with E-state index in [9.17, 15) is 0 Å². The van der Waals surface area contributed by atoms with Crippen LogP contribution in [0.4, 0.5) is 0 Å². The van der Waals surface area contributed by atoms with Gasteiger partial charge in [0.25, 0.3) is 0 Å². The Morgan fingerprint density at radius 3 is 2.85 bits per heavy atom. The topological polar surface area (TPSA) is 83.0 Å². The van der Waals surface area contributed by atoms with Crippen molar-refractivity contribution in [3.8, 4) is 0 Å². The smallest absolute Gasteiger partial charge is 0.191 e. The molecule has 0 fully saturated rings. The number of hydrogen-bond donors (Lipinski definition) is 2. The molecule has 3 heterocycles. The summed E-state index contributed by atoms with van der Waals surface area (Å²) in [4.78, 5) is 6.75. The minimum Gasteiger partial charge on any atom is -0.468 e. The molecule has 138 valence electrons. The fourth-order valence-electron chi connectivity index (χ4n) is 2.70. The van der Waals surface area contributed by atoms with Gasteiger partial charge in [0.2, 0.25) is 0 Å². The number of guanidine groups is 1. The summed E-state index contributed by atoms with van der Waals surface area (Å²) >= 11 is 0. The molecule has 0 amide bonds. The lowest BCUT2D eigenvalue weighted by Crippen LogP contribution is -2.41. The Morgan fingerprint density at radius 1 is 1.23 bits per heavy atom. The number of aliphatic imine (C=N–C) groups is 1. The maximum Gasteiger partial charge on any atom is 0.191 e. The van der Waals surface area contributed by atoms with Crippen molar-refractivity contribution in [1.82, 2.24) is 30.1 Å². The first-order valence-electron chi connectivity index (χ1n) is 8.69. The fourth-order valence-corrected chi connectivity index (χ4v) is 2.70. The SMILES string of the molecule is CCNC(=NCc1nnc2ccccn12)NCC(c1ccco1)N(C)C. The van der Waals surface area contributed by atoms with E-state index in [0.717, 1.165) is 29.7 Å². The Labute approximate surface area is 152 Å². The van der Waals surface area contributed by atoms with Gasteiger partial charge in [-0.3, -0.25) is 9.30 Å². The normalized spacial score (nSPS) is 13.3. The summed E-state index contributed by atoms with van der Waals surface area (Å²) in [5, 5.41) is 15.0. The maximum absolute atomic E-state index is 5.55. The largest absolute Gasteiger partial charge is 0.468 e. The van der Waals surface area contributed by atoms with Gasteiger partial charge >= 0.3 is 0 Å². The summed E-state index contributed by atoms with van der Waals surface area (Å²) in [5.41, 5.74) is 0.821. The predicted molar refractivity (Wildman–Crippen MR) is 101 cm³/mol. The van der Waals surface area contributed by atoms with E-state index in [-0.39, 0.29) is 6.04 Å². The van der Waals surface area contributed by atoms with Crippen LogP contribution >= 0.6 is 0 Å². The molecule has 0 bridgehead atoms. The number of rotatable bonds is 7. The predicted octanol–water partition coefficient (Wildman–Crippen LogP) is 1.68. The van der Waals surface area contributed by atoms with E-state index in [1.807, 2.05) is 61.9 Å². The van der Waals surface area contributed by atoms with Crippen LogP contribution in [0.3, 0.4) is 0 Å². The van der Waals surface area contributed by atoms with Crippen LogP contribution in [0.25, 0.3) is 5.65 Å². The Hall–Kier alpha value is -2.87. The summed E-state index contributed by atoms with van der Waals surface area (Å²) in [6.07, 6.45) is 3.64. The highest BCUT2D eigenvalue weighted by Crippen LogP contribution is 2.17. The van der Waals surface area contributed by atoms with Crippen molar-refractivity contribution < 1.29 is 4.42 Å². The first kappa shape index (κ1) is 17.9. The Morgan fingerprint density at radius 2 is 2.12 bits per heavy atom. The standard InChI is InChI=1S/C18H25N7O/c1-4-19-18(20-12-14(24(2)3)15-8-7-11-26-15)21-13-17-23-22-16-9-5-6-10-25(16)17/h5-11,14H,4,12-13H2,1-3H3,(H2,19,20,21). The van der Waals surface area contributed by atoms with Gasteiger partial charge in [0.15, 0.2) is 17.4 Å². The fraction of sp³-hybridized carbons (Fsp3) is 0.389. The van der Waals surface area contributed by atoms with Crippen molar-refractivity contribution in [2.75, 3.05) is 27.2 Å². The van der Waals surface area contributed by atoms with Gasteiger partial charge in [-0.15, -0.1) is 10.2 Å². The van der Waals surface area contributed by atoms with Gasteiger partial charge in [-0.1, -0.05) is 6.07 Å². The van der Waals surface area contributed by atoms with Crippen LogP contribution < -0.4 is 10.6 Å². The zero-order chi connectivity index (χ0) is 18.4. The van der Waals surface area contributed by atoms with Crippen molar-refractivity contribution in [2.45, 2.75) is 19.5 Å². The number of likely N-dealkylation sites (N-methyl/N-ethyl adjacent to an activating group) is 1. The van der Waals surface area contributed by atoms with E-state index in [0.29, 0.717) is 13.1 Å². The van der Waals surface area contributed by atoms with Crippen LogP contribution in [0.2, 0.25) is 0 Å². The van der Waals surface area contributed by atoms with Gasteiger partial charge in [0.1, 0.15) is 12.3 Å². The van der Waals surface area contributed by atoms with Crippen molar-refractivity contribution in [2.24, 2.45) is 4.99 Å². The Kier molecular flexibility index (Phi) is 5.85. The van der Waals surface area contributed by atoms with Gasteiger partial charge in [0, 0.05) is 19.3 Å². The Balaban J connectivity index is 1.69. The number of fused-ring (bicyclic) bond motifs is 1. The molecule has 8 heteroatoms. The van der Waals surface area contributed by atoms with E-state index in [2.05, 4.69) is 30.7 Å². The first-order valence-corrected chi connectivity index (χ1v) is 8.69.